The Morgan fingerprint density at radius 2 is 2.23 bits per heavy atom. The number of nitrogens with one attached hydrogen (secondary N) is 1. The Balaban J connectivity index is 1.82. The highest BCUT2D eigenvalue weighted by Crippen LogP contribution is 2.34. The van der Waals surface area contributed by atoms with Crippen LogP contribution < -0.4 is 10.2 Å². The fourth-order valence-electron chi connectivity index (χ4n) is 2.76. The third-order valence-electron chi connectivity index (χ3n) is 3.99. The fourth-order valence-corrected chi connectivity index (χ4v) is 4.03. The van der Waals surface area contributed by atoms with Gasteiger partial charge in [-0.15, -0.1) is 11.3 Å². The maximum absolute atomic E-state index is 12.8. The van der Waals surface area contributed by atoms with Crippen LogP contribution in [0.2, 0.25) is 0 Å². The number of hydrogen-bond acceptors (Lipinski definition) is 7. The lowest BCUT2D eigenvalue weighted by Gasteiger charge is -2.17. The first-order valence-electron chi connectivity index (χ1n) is 7.60. The quantitative estimate of drug-likeness (QED) is 0.434. The van der Waals surface area contributed by atoms with Gasteiger partial charge in [0.25, 0.3) is 5.69 Å². The van der Waals surface area contributed by atoms with Gasteiger partial charge in [0.05, 0.1) is 17.6 Å². The van der Waals surface area contributed by atoms with Crippen LogP contribution in [0.1, 0.15) is 16.8 Å². The molecular formula is C16H14BrN3O5S. The van der Waals surface area contributed by atoms with Crippen LogP contribution in [0.15, 0.2) is 34.1 Å². The molecular weight excluding hydrogens is 426 g/mol. The number of carbonyl (C=O) groups excluding carboxylic acids is 2. The van der Waals surface area contributed by atoms with E-state index in [0.717, 1.165) is 0 Å². The smallest absolute Gasteiger partial charge is 0.340 e. The molecule has 1 amide bonds. The summed E-state index contributed by atoms with van der Waals surface area (Å²) in [7, 11) is 1.28. The Kier molecular flexibility index (Phi) is 5.23. The van der Waals surface area contributed by atoms with E-state index in [1.165, 1.54) is 29.4 Å². The summed E-state index contributed by atoms with van der Waals surface area (Å²) in [5.41, 5.74) is 0.496. The van der Waals surface area contributed by atoms with Crippen LogP contribution in [-0.4, -0.2) is 36.5 Å². The molecule has 0 aliphatic carbocycles. The van der Waals surface area contributed by atoms with Crippen LogP contribution in [-0.2, 0) is 9.53 Å². The molecule has 1 aliphatic heterocycles. The molecule has 1 N–H and O–H groups in total. The molecule has 1 fully saturated rings. The van der Waals surface area contributed by atoms with Crippen molar-refractivity contribution in [2.45, 2.75) is 12.5 Å². The standard InChI is InChI=1S/C16H14BrN3O5S/c1-25-16(22)10-5-7-26-15(10)19-6-4-12(14(19)21)18-11-3-2-9(17)8-13(11)20(23)24/h2-3,5,7-8,12,18H,4,6H2,1H3. The third kappa shape index (κ3) is 3.42. The summed E-state index contributed by atoms with van der Waals surface area (Å²) >= 11 is 4.48. The van der Waals surface area contributed by atoms with Gasteiger partial charge in [0.15, 0.2) is 0 Å². The second-order valence-electron chi connectivity index (χ2n) is 5.53. The topological polar surface area (TPSA) is 102 Å². The number of amides is 1. The zero-order chi connectivity index (χ0) is 18.8. The molecule has 1 saturated heterocycles. The molecule has 10 heteroatoms. The molecule has 1 atom stereocenters. The number of benzene rings is 1. The van der Waals surface area contributed by atoms with Gasteiger partial charge < -0.3 is 15.0 Å². The summed E-state index contributed by atoms with van der Waals surface area (Å²) in [6, 6.07) is 5.61. The molecule has 1 aliphatic rings. The van der Waals surface area contributed by atoms with Gasteiger partial charge in [-0.2, -0.15) is 0 Å². The normalized spacial score (nSPS) is 16.6. The van der Waals surface area contributed by atoms with Gasteiger partial charge in [0.2, 0.25) is 5.91 Å². The van der Waals surface area contributed by atoms with Crippen molar-refractivity contribution >= 4 is 55.5 Å². The number of ether oxygens (including phenoxy) is 1. The molecule has 0 spiro atoms. The SMILES string of the molecule is COC(=O)c1ccsc1N1CCC(Nc2ccc(Br)cc2[N+](=O)[O-])C1=O. The van der Waals surface area contributed by atoms with Gasteiger partial charge >= 0.3 is 5.97 Å². The van der Waals surface area contributed by atoms with E-state index >= 15 is 0 Å². The lowest BCUT2D eigenvalue weighted by Crippen LogP contribution is -2.33. The number of rotatable bonds is 5. The van der Waals surface area contributed by atoms with Crippen molar-refractivity contribution in [2.75, 3.05) is 23.9 Å². The zero-order valence-electron chi connectivity index (χ0n) is 13.6. The largest absolute Gasteiger partial charge is 0.465 e. The van der Waals surface area contributed by atoms with Crippen LogP contribution >= 0.6 is 27.3 Å². The molecule has 0 saturated carbocycles. The molecule has 0 bridgehead atoms. The first kappa shape index (κ1) is 18.3. The summed E-state index contributed by atoms with van der Waals surface area (Å²) in [5.74, 6) is -0.746. The van der Waals surface area contributed by atoms with E-state index in [4.69, 9.17) is 4.74 Å². The Morgan fingerprint density at radius 1 is 1.46 bits per heavy atom. The number of nitrogens with zero attached hydrogens (tertiary/aromatic N) is 2. The highest BCUT2D eigenvalue weighted by molar-refractivity contribution is 9.10. The summed E-state index contributed by atoms with van der Waals surface area (Å²) in [6.07, 6.45) is 0.463. The van der Waals surface area contributed by atoms with Crippen LogP contribution in [0.25, 0.3) is 0 Å². The van der Waals surface area contributed by atoms with E-state index in [2.05, 4.69) is 21.2 Å². The molecule has 1 aromatic heterocycles. The molecule has 1 unspecified atom stereocenters. The highest BCUT2D eigenvalue weighted by Gasteiger charge is 2.36. The minimum Gasteiger partial charge on any atom is -0.465 e. The number of hydrogen-bond donors (Lipinski definition) is 1. The van der Waals surface area contributed by atoms with Crippen LogP contribution in [0.4, 0.5) is 16.4 Å². The van der Waals surface area contributed by atoms with Crippen molar-refractivity contribution in [2.24, 2.45) is 0 Å². The first-order valence-corrected chi connectivity index (χ1v) is 9.27. The highest BCUT2D eigenvalue weighted by atomic mass is 79.9. The summed E-state index contributed by atoms with van der Waals surface area (Å²) in [4.78, 5) is 36.8. The van der Waals surface area contributed by atoms with Crippen molar-refractivity contribution in [3.8, 4) is 0 Å². The number of halogens is 1. The van der Waals surface area contributed by atoms with E-state index in [1.807, 2.05) is 0 Å². The Bertz CT molecular complexity index is 885. The molecule has 2 aromatic rings. The van der Waals surface area contributed by atoms with E-state index in [0.29, 0.717) is 28.0 Å². The first-order chi connectivity index (χ1) is 12.4. The van der Waals surface area contributed by atoms with Crippen molar-refractivity contribution in [1.29, 1.82) is 0 Å². The molecule has 136 valence electrons. The number of nitro groups is 1. The van der Waals surface area contributed by atoms with Gasteiger partial charge in [0, 0.05) is 17.1 Å². The Labute approximate surface area is 161 Å². The van der Waals surface area contributed by atoms with Gasteiger partial charge in [-0.1, -0.05) is 15.9 Å². The lowest BCUT2D eigenvalue weighted by atomic mass is 10.2. The van der Waals surface area contributed by atoms with Crippen molar-refractivity contribution in [1.82, 2.24) is 0 Å². The summed E-state index contributed by atoms with van der Waals surface area (Å²) in [5, 5.41) is 16.4. The average molecular weight is 440 g/mol. The molecule has 0 radical (unpaired) electrons. The molecule has 8 nitrogen and oxygen atoms in total. The Hall–Kier alpha value is -2.46. The maximum Gasteiger partial charge on any atom is 0.340 e. The molecule has 2 heterocycles. The van der Waals surface area contributed by atoms with Crippen LogP contribution in [0.3, 0.4) is 0 Å². The molecule has 3 rings (SSSR count). The molecule has 26 heavy (non-hydrogen) atoms. The van der Waals surface area contributed by atoms with Crippen molar-refractivity contribution < 1.29 is 19.2 Å². The number of nitro benzene ring substituents is 1. The van der Waals surface area contributed by atoms with Gasteiger partial charge in [-0.05, 0) is 30.0 Å². The van der Waals surface area contributed by atoms with E-state index in [1.54, 1.807) is 23.6 Å². The predicted octanol–water partition coefficient (Wildman–Crippen LogP) is 3.42. The number of esters is 1. The van der Waals surface area contributed by atoms with Crippen molar-refractivity contribution in [3.63, 3.8) is 0 Å². The van der Waals surface area contributed by atoms with E-state index in [9.17, 15) is 19.7 Å². The van der Waals surface area contributed by atoms with E-state index < -0.39 is 16.9 Å². The zero-order valence-corrected chi connectivity index (χ0v) is 16.0. The van der Waals surface area contributed by atoms with Crippen LogP contribution in [0, 0.1) is 10.1 Å². The van der Waals surface area contributed by atoms with Gasteiger partial charge in [0.1, 0.15) is 16.7 Å². The second kappa shape index (κ2) is 7.42. The van der Waals surface area contributed by atoms with E-state index in [-0.39, 0.29) is 17.3 Å². The summed E-state index contributed by atoms with van der Waals surface area (Å²) < 4.78 is 5.32. The predicted molar refractivity (Wildman–Crippen MR) is 101 cm³/mol. The number of carbonyl (C=O) groups is 2. The van der Waals surface area contributed by atoms with Crippen molar-refractivity contribution in [3.05, 3.63) is 49.8 Å². The number of anilines is 2. The average Bonchev–Trinajstić information content (AvgIpc) is 3.23. The monoisotopic (exact) mass is 439 g/mol. The van der Waals surface area contributed by atoms with Crippen LogP contribution in [0.5, 0.6) is 0 Å². The maximum atomic E-state index is 12.8. The second-order valence-corrected chi connectivity index (χ2v) is 7.34. The number of thiophene rings is 1. The minimum absolute atomic E-state index is 0.114. The van der Waals surface area contributed by atoms with Gasteiger partial charge in [-0.3, -0.25) is 14.9 Å². The Morgan fingerprint density at radius 3 is 2.92 bits per heavy atom. The lowest BCUT2D eigenvalue weighted by molar-refractivity contribution is -0.384. The minimum atomic E-state index is -0.609. The fraction of sp³-hybridized carbons (Fsp3) is 0.250. The summed E-state index contributed by atoms with van der Waals surface area (Å²) in [6.45, 7) is 0.408. The molecule has 1 aromatic carbocycles. The van der Waals surface area contributed by atoms with Gasteiger partial charge in [-0.25, -0.2) is 4.79 Å². The third-order valence-corrected chi connectivity index (χ3v) is 5.42. The number of methoxy groups -OCH3 is 1.